The molecule has 0 saturated heterocycles. The fourth-order valence-corrected chi connectivity index (χ4v) is 3.21. The second kappa shape index (κ2) is 8.91. The van der Waals surface area contributed by atoms with Gasteiger partial charge in [-0.15, -0.1) is 0 Å². The van der Waals surface area contributed by atoms with E-state index in [4.69, 9.17) is 18.0 Å². The maximum absolute atomic E-state index is 5.56. The van der Waals surface area contributed by atoms with Crippen molar-refractivity contribution in [2.45, 2.75) is 26.3 Å². The minimum Gasteiger partial charge on any atom is -0.502 e. The van der Waals surface area contributed by atoms with Gasteiger partial charge in [-0.25, -0.2) is 0 Å². The summed E-state index contributed by atoms with van der Waals surface area (Å²) in [6.45, 7) is 5.14. The molecular weight excluding hydrogens is 212 g/mol. The lowest BCUT2D eigenvalue weighted by atomic mass is 10.5. The summed E-state index contributed by atoms with van der Waals surface area (Å²) in [5.41, 5.74) is 0. The van der Waals surface area contributed by atoms with Crippen LogP contribution in [-0.4, -0.2) is 36.2 Å². The fraction of sp³-hybridized carbons (Fsp3) is 0.800. The van der Waals surface area contributed by atoms with Crippen LogP contribution >= 0.6 is 0 Å². The minimum atomic E-state index is -2.41. The Balaban J connectivity index is 3.84. The highest BCUT2D eigenvalue weighted by molar-refractivity contribution is 6.60. The summed E-state index contributed by atoms with van der Waals surface area (Å²) in [5, 5.41) is 0. The fourth-order valence-electron chi connectivity index (χ4n) is 1.23. The first-order chi connectivity index (χ1) is 7.24. The van der Waals surface area contributed by atoms with Gasteiger partial charge in [0.1, 0.15) is 0 Å². The monoisotopic (exact) mass is 234 g/mol. The van der Waals surface area contributed by atoms with E-state index in [0.717, 1.165) is 12.5 Å². The van der Waals surface area contributed by atoms with E-state index in [2.05, 4.69) is 0 Å². The summed E-state index contributed by atoms with van der Waals surface area (Å²) in [7, 11) is 0.866. The minimum absolute atomic E-state index is 0.615. The zero-order valence-electron chi connectivity index (χ0n) is 10.1. The van der Waals surface area contributed by atoms with E-state index in [1.165, 1.54) is 0 Å². The van der Waals surface area contributed by atoms with Crippen molar-refractivity contribution in [2.75, 3.05) is 27.4 Å². The molecule has 0 aliphatic heterocycles. The second-order valence-corrected chi connectivity index (χ2v) is 5.94. The number of ether oxygens (including phenoxy) is 1. The molecule has 5 heteroatoms. The average Bonchev–Trinajstić information content (AvgIpc) is 2.27. The second-order valence-electron chi connectivity index (χ2n) is 2.97. The van der Waals surface area contributed by atoms with Gasteiger partial charge in [0.05, 0.1) is 12.9 Å². The molecule has 0 aromatic heterocycles. The molecule has 0 saturated carbocycles. The van der Waals surface area contributed by atoms with Crippen LogP contribution in [0.3, 0.4) is 0 Å². The molecule has 0 N–H and O–H groups in total. The summed E-state index contributed by atoms with van der Waals surface area (Å²) in [6.07, 6.45) is 4.42. The van der Waals surface area contributed by atoms with Gasteiger partial charge >= 0.3 is 8.80 Å². The Morgan fingerprint density at radius 2 is 1.87 bits per heavy atom. The Hall–Kier alpha value is -0.363. The topological polar surface area (TPSA) is 36.9 Å². The van der Waals surface area contributed by atoms with E-state index >= 15 is 0 Å². The van der Waals surface area contributed by atoms with Crippen LogP contribution in [0.4, 0.5) is 0 Å². The maximum Gasteiger partial charge on any atom is 0.500 e. The van der Waals surface area contributed by atoms with Crippen LogP contribution in [-0.2, 0) is 18.0 Å². The average molecular weight is 234 g/mol. The van der Waals surface area contributed by atoms with Crippen molar-refractivity contribution in [1.29, 1.82) is 0 Å². The van der Waals surface area contributed by atoms with Gasteiger partial charge < -0.3 is 18.0 Å². The van der Waals surface area contributed by atoms with E-state index in [9.17, 15) is 0 Å². The van der Waals surface area contributed by atoms with Gasteiger partial charge in [0.2, 0.25) is 0 Å². The van der Waals surface area contributed by atoms with Crippen LogP contribution in [0.2, 0.25) is 6.04 Å². The number of rotatable bonds is 9. The molecule has 90 valence electrons. The van der Waals surface area contributed by atoms with E-state index < -0.39 is 8.80 Å². The molecular formula is C10H22O4Si. The van der Waals surface area contributed by atoms with Gasteiger partial charge in [0, 0.05) is 26.9 Å². The van der Waals surface area contributed by atoms with E-state index in [0.29, 0.717) is 13.2 Å². The number of hydrogen-bond acceptors (Lipinski definition) is 4. The van der Waals surface area contributed by atoms with Crippen LogP contribution in [0.15, 0.2) is 12.3 Å². The molecule has 0 aliphatic carbocycles. The molecule has 0 heterocycles. The molecule has 0 radical (unpaired) electrons. The summed E-state index contributed by atoms with van der Waals surface area (Å²) in [4.78, 5) is 0. The standard InChI is InChI=1S/C10H22O4Si/c1-5-8-13-9-7-10-15(11-3,12-4)14-6-2/h5,8H,6-7,9-10H2,1-4H3. The zero-order chi connectivity index (χ0) is 11.6. The van der Waals surface area contributed by atoms with Crippen molar-refractivity contribution >= 4 is 8.80 Å². The van der Waals surface area contributed by atoms with Crippen LogP contribution in [0.1, 0.15) is 20.3 Å². The molecule has 4 nitrogen and oxygen atoms in total. The SMILES string of the molecule is CC=COCCC[Si](OC)(OC)OCC. The third-order valence-electron chi connectivity index (χ3n) is 1.96. The zero-order valence-corrected chi connectivity index (χ0v) is 11.1. The van der Waals surface area contributed by atoms with Crippen molar-refractivity contribution in [1.82, 2.24) is 0 Å². The molecule has 0 atom stereocenters. The third kappa shape index (κ3) is 5.94. The highest BCUT2D eigenvalue weighted by Gasteiger charge is 2.37. The number of hydrogen-bond donors (Lipinski definition) is 0. The van der Waals surface area contributed by atoms with E-state index in [1.54, 1.807) is 20.5 Å². The summed E-state index contributed by atoms with van der Waals surface area (Å²) in [5.74, 6) is 0. The van der Waals surface area contributed by atoms with Gasteiger partial charge in [-0.2, -0.15) is 0 Å². The molecule has 0 fully saturated rings. The molecule has 0 bridgehead atoms. The normalized spacial score (nSPS) is 12.3. The van der Waals surface area contributed by atoms with Crippen LogP contribution < -0.4 is 0 Å². The van der Waals surface area contributed by atoms with Gasteiger partial charge in [-0.1, -0.05) is 6.08 Å². The Morgan fingerprint density at radius 1 is 1.20 bits per heavy atom. The Labute approximate surface area is 93.5 Å². The van der Waals surface area contributed by atoms with Crippen molar-refractivity contribution in [3.8, 4) is 0 Å². The van der Waals surface area contributed by atoms with Crippen molar-refractivity contribution in [3.05, 3.63) is 12.3 Å². The summed E-state index contributed by atoms with van der Waals surface area (Å²) < 4.78 is 21.5. The third-order valence-corrected chi connectivity index (χ3v) is 4.90. The van der Waals surface area contributed by atoms with Crippen LogP contribution in [0.25, 0.3) is 0 Å². The van der Waals surface area contributed by atoms with Crippen LogP contribution in [0.5, 0.6) is 0 Å². The first kappa shape index (κ1) is 14.6. The van der Waals surface area contributed by atoms with E-state index in [1.807, 2.05) is 19.9 Å². The van der Waals surface area contributed by atoms with E-state index in [-0.39, 0.29) is 0 Å². The quantitative estimate of drug-likeness (QED) is 0.348. The Bertz CT molecular complexity index is 169. The molecule has 0 spiro atoms. The largest absolute Gasteiger partial charge is 0.502 e. The van der Waals surface area contributed by atoms with Gasteiger partial charge in [-0.3, -0.25) is 0 Å². The van der Waals surface area contributed by atoms with Crippen molar-refractivity contribution < 1.29 is 18.0 Å². The molecule has 0 aliphatic rings. The predicted molar refractivity (Wildman–Crippen MR) is 61.6 cm³/mol. The van der Waals surface area contributed by atoms with Gasteiger partial charge in [0.15, 0.2) is 0 Å². The van der Waals surface area contributed by atoms with Gasteiger partial charge in [0.25, 0.3) is 0 Å². The first-order valence-corrected chi connectivity index (χ1v) is 7.15. The number of allylic oxidation sites excluding steroid dienone is 1. The lowest BCUT2D eigenvalue weighted by Gasteiger charge is -2.25. The molecule has 0 rings (SSSR count). The molecule has 0 unspecified atom stereocenters. The van der Waals surface area contributed by atoms with Crippen molar-refractivity contribution in [2.24, 2.45) is 0 Å². The Morgan fingerprint density at radius 3 is 2.33 bits per heavy atom. The lowest BCUT2D eigenvalue weighted by molar-refractivity contribution is 0.101. The molecule has 0 aromatic rings. The van der Waals surface area contributed by atoms with Gasteiger partial charge in [-0.05, 0) is 20.3 Å². The highest BCUT2D eigenvalue weighted by Crippen LogP contribution is 2.15. The highest BCUT2D eigenvalue weighted by atomic mass is 28.4. The Kier molecular flexibility index (Phi) is 8.69. The van der Waals surface area contributed by atoms with Crippen molar-refractivity contribution in [3.63, 3.8) is 0 Å². The molecule has 0 amide bonds. The molecule has 0 aromatic carbocycles. The molecule has 15 heavy (non-hydrogen) atoms. The predicted octanol–water partition coefficient (Wildman–Crippen LogP) is 2.19. The van der Waals surface area contributed by atoms with Crippen LogP contribution in [0, 0.1) is 0 Å². The smallest absolute Gasteiger partial charge is 0.500 e. The first-order valence-electron chi connectivity index (χ1n) is 5.21. The maximum atomic E-state index is 5.56. The lowest BCUT2D eigenvalue weighted by Crippen LogP contribution is -2.43. The summed E-state index contributed by atoms with van der Waals surface area (Å²) in [6, 6.07) is 0.783. The summed E-state index contributed by atoms with van der Waals surface area (Å²) >= 11 is 0.